The molecule has 0 spiro atoms. The summed E-state index contributed by atoms with van der Waals surface area (Å²) < 4.78 is 21.8. The molecule has 0 radical (unpaired) electrons. The van der Waals surface area contributed by atoms with Crippen LogP contribution in [0.3, 0.4) is 0 Å². The number of methoxy groups -OCH3 is 4. The minimum atomic E-state index is 0.825. The Hall–Kier alpha value is -7.82. The number of fused-ring (bicyclic) bond motifs is 2. The van der Waals surface area contributed by atoms with Gasteiger partial charge in [-0.05, 0) is 149 Å². The van der Waals surface area contributed by atoms with Crippen molar-refractivity contribution >= 4 is 44.8 Å². The molecule has 9 aromatic rings. The van der Waals surface area contributed by atoms with Gasteiger partial charge in [-0.15, -0.1) is 0 Å². The van der Waals surface area contributed by atoms with Gasteiger partial charge in [0.15, 0.2) is 0 Å². The molecule has 0 aliphatic heterocycles. The van der Waals surface area contributed by atoms with Crippen molar-refractivity contribution in [2.24, 2.45) is 0 Å². The van der Waals surface area contributed by atoms with Crippen molar-refractivity contribution in [2.45, 2.75) is 0 Å². The van der Waals surface area contributed by atoms with E-state index in [0.717, 1.165) is 78.7 Å². The summed E-state index contributed by atoms with van der Waals surface area (Å²) >= 11 is 0. The molecule has 0 saturated carbocycles. The van der Waals surface area contributed by atoms with Gasteiger partial charge in [-0.3, -0.25) is 0 Å². The van der Waals surface area contributed by atoms with E-state index in [1.165, 1.54) is 32.7 Å². The normalized spacial score (nSPS) is 11.7. The maximum absolute atomic E-state index is 5.49. The van der Waals surface area contributed by atoms with Gasteiger partial charge >= 0.3 is 0 Å². The number of benzene rings is 9. The predicted molar refractivity (Wildman–Crippen MR) is 258 cm³/mol. The Morgan fingerprint density at radius 3 is 0.790 bits per heavy atom. The van der Waals surface area contributed by atoms with Gasteiger partial charge in [0.05, 0.1) is 28.4 Å². The molecule has 0 fully saturated rings. The van der Waals surface area contributed by atoms with Gasteiger partial charge in [-0.2, -0.15) is 0 Å². The van der Waals surface area contributed by atoms with Crippen LogP contribution in [0.4, 0.5) is 0 Å². The van der Waals surface area contributed by atoms with Crippen molar-refractivity contribution in [1.29, 1.82) is 0 Å². The van der Waals surface area contributed by atoms with E-state index in [-0.39, 0.29) is 0 Å². The molecule has 0 heterocycles. The van der Waals surface area contributed by atoms with Gasteiger partial charge in [-0.1, -0.05) is 146 Å². The molecule has 0 atom stereocenters. The Kier molecular flexibility index (Phi) is 11.4. The SMILES string of the molecule is COc1ccc(C=C(c2ccc(OC)cc2)c2ccc(-c3c4ccccc4c(-c4ccc(C(=Cc5ccc(OC)cc5)c5ccc(OC)cc5)cc4)c4ccccc34)cc2)cc1. The van der Waals surface area contributed by atoms with Gasteiger partial charge in [0.25, 0.3) is 0 Å². The smallest absolute Gasteiger partial charge is 0.118 e. The van der Waals surface area contributed by atoms with Crippen LogP contribution in [0, 0.1) is 0 Å². The molecular weight excluding hydrogens is 761 g/mol. The molecule has 302 valence electrons. The highest BCUT2D eigenvalue weighted by Crippen LogP contribution is 2.44. The lowest BCUT2D eigenvalue weighted by atomic mass is 9.85. The third kappa shape index (κ3) is 8.07. The summed E-state index contributed by atoms with van der Waals surface area (Å²) in [7, 11) is 6.77. The minimum absolute atomic E-state index is 0.825. The van der Waals surface area contributed by atoms with Crippen molar-refractivity contribution in [3.05, 3.63) is 228 Å². The van der Waals surface area contributed by atoms with Gasteiger partial charge in [0, 0.05) is 0 Å². The lowest BCUT2D eigenvalue weighted by molar-refractivity contribution is 0.414. The van der Waals surface area contributed by atoms with Crippen molar-refractivity contribution in [1.82, 2.24) is 0 Å². The molecular formula is C58H46O4. The molecule has 4 nitrogen and oxygen atoms in total. The predicted octanol–water partition coefficient (Wildman–Crippen LogP) is 14.5. The van der Waals surface area contributed by atoms with Crippen molar-refractivity contribution < 1.29 is 18.9 Å². The number of ether oxygens (including phenoxy) is 4. The lowest BCUT2D eigenvalue weighted by Crippen LogP contribution is -1.93. The van der Waals surface area contributed by atoms with Crippen LogP contribution in [-0.4, -0.2) is 28.4 Å². The molecule has 9 aromatic carbocycles. The van der Waals surface area contributed by atoms with Crippen LogP contribution >= 0.6 is 0 Å². The number of hydrogen-bond acceptors (Lipinski definition) is 4. The van der Waals surface area contributed by atoms with E-state index in [1.54, 1.807) is 28.4 Å². The zero-order chi connectivity index (χ0) is 42.4. The first-order chi connectivity index (χ1) is 30.5. The van der Waals surface area contributed by atoms with Gasteiger partial charge in [0.1, 0.15) is 23.0 Å². The average molecular weight is 807 g/mol. The fourth-order valence-corrected chi connectivity index (χ4v) is 8.32. The molecule has 0 unspecified atom stereocenters. The summed E-state index contributed by atoms with van der Waals surface area (Å²) in [6.07, 6.45) is 4.46. The Morgan fingerprint density at radius 1 is 0.290 bits per heavy atom. The molecule has 0 aliphatic carbocycles. The van der Waals surface area contributed by atoms with Crippen LogP contribution in [0.2, 0.25) is 0 Å². The highest BCUT2D eigenvalue weighted by Gasteiger charge is 2.18. The fraction of sp³-hybridized carbons (Fsp3) is 0.0690. The zero-order valence-corrected chi connectivity index (χ0v) is 35.3. The average Bonchev–Trinajstić information content (AvgIpc) is 3.35. The third-order valence-electron chi connectivity index (χ3n) is 11.6. The van der Waals surface area contributed by atoms with Crippen LogP contribution in [-0.2, 0) is 0 Å². The molecule has 0 aliphatic rings. The van der Waals surface area contributed by atoms with E-state index in [1.807, 2.05) is 48.5 Å². The van der Waals surface area contributed by atoms with Crippen LogP contribution in [0.5, 0.6) is 23.0 Å². The third-order valence-corrected chi connectivity index (χ3v) is 11.6. The first-order valence-electron chi connectivity index (χ1n) is 20.7. The van der Waals surface area contributed by atoms with E-state index in [0.29, 0.717) is 0 Å². The van der Waals surface area contributed by atoms with E-state index in [4.69, 9.17) is 18.9 Å². The lowest BCUT2D eigenvalue weighted by Gasteiger charge is -2.19. The van der Waals surface area contributed by atoms with Crippen LogP contribution in [0.25, 0.3) is 67.1 Å². The van der Waals surface area contributed by atoms with Gasteiger partial charge in [-0.25, -0.2) is 0 Å². The number of hydrogen-bond donors (Lipinski definition) is 0. The van der Waals surface area contributed by atoms with E-state index < -0.39 is 0 Å². The second kappa shape index (κ2) is 17.8. The highest BCUT2D eigenvalue weighted by molar-refractivity contribution is 6.21. The molecule has 0 bridgehead atoms. The molecule has 0 aromatic heterocycles. The largest absolute Gasteiger partial charge is 0.497 e. The van der Waals surface area contributed by atoms with Gasteiger partial charge < -0.3 is 18.9 Å². The quantitative estimate of drug-likeness (QED) is 0.0910. The maximum atomic E-state index is 5.49. The Bertz CT molecular complexity index is 2770. The second-order valence-corrected chi connectivity index (χ2v) is 15.1. The second-order valence-electron chi connectivity index (χ2n) is 15.1. The summed E-state index contributed by atoms with van der Waals surface area (Å²) in [5, 5.41) is 4.84. The molecule has 9 rings (SSSR count). The van der Waals surface area contributed by atoms with E-state index >= 15 is 0 Å². The molecule has 62 heavy (non-hydrogen) atoms. The van der Waals surface area contributed by atoms with Crippen LogP contribution < -0.4 is 18.9 Å². The van der Waals surface area contributed by atoms with Crippen LogP contribution in [0.15, 0.2) is 194 Å². The standard InChI is InChI=1S/C58H46O4/c1-59-47-29-13-39(14-30-47)37-55(43-25-33-49(61-3)34-26-43)41-17-21-45(22-18-41)57-51-9-5-7-11-53(51)58(54-12-8-6-10-52(54)57)46-23-19-42(20-24-46)56(44-27-35-50(62-4)36-28-44)38-40-15-31-48(60-2)32-16-40/h5-38H,1-4H3. The molecule has 0 saturated heterocycles. The van der Waals surface area contributed by atoms with E-state index in [2.05, 4.69) is 158 Å². The zero-order valence-electron chi connectivity index (χ0n) is 35.3. The Labute approximate surface area is 363 Å². The molecule has 0 N–H and O–H groups in total. The van der Waals surface area contributed by atoms with E-state index in [9.17, 15) is 0 Å². The van der Waals surface area contributed by atoms with Crippen molar-refractivity contribution in [3.8, 4) is 45.3 Å². The summed E-state index contributed by atoms with van der Waals surface area (Å²) in [5.41, 5.74) is 13.6. The van der Waals surface area contributed by atoms with Gasteiger partial charge in [0.2, 0.25) is 0 Å². The fourth-order valence-electron chi connectivity index (χ4n) is 8.32. The summed E-state index contributed by atoms with van der Waals surface area (Å²) in [6, 6.07) is 68.5. The topological polar surface area (TPSA) is 36.9 Å². The molecule has 4 heteroatoms. The monoisotopic (exact) mass is 806 g/mol. The van der Waals surface area contributed by atoms with Crippen LogP contribution in [0.1, 0.15) is 33.4 Å². The summed E-state index contributed by atoms with van der Waals surface area (Å²) in [6.45, 7) is 0. The van der Waals surface area contributed by atoms with Crippen molar-refractivity contribution in [2.75, 3.05) is 28.4 Å². The minimum Gasteiger partial charge on any atom is -0.497 e. The number of rotatable bonds is 12. The summed E-state index contributed by atoms with van der Waals surface area (Å²) in [5.74, 6) is 3.31. The summed E-state index contributed by atoms with van der Waals surface area (Å²) in [4.78, 5) is 0. The highest BCUT2D eigenvalue weighted by atomic mass is 16.5. The Morgan fingerprint density at radius 2 is 0.532 bits per heavy atom. The van der Waals surface area contributed by atoms with Crippen molar-refractivity contribution in [3.63, 3.8) is 0 Å². The Balaban J connectivity index is 1.13. The maximum Gasteiger partial charge on any atom is 0.118 e. The molecule has 0 amide bonds. The first kappa shape index (κ1) is 39.6. The first-order valence-corrected chi connectivity index (χ1v) is 20.7.